The summed E-state index contributed by atoms with van der Waals surface area (Å²) in [6, 6.07) is 14.2. The molecule has 0 saturated carbocycles. The SMILES string of the molecule is CN(C)c1ccc(/C=C2\SC(=O)N(CCN=C3NS(=O)(=O)c4ccccc43)C2=O)cc1. The first kappa shape index (κ1) is 21.1. The van der Waals surface area contributed by atoms with Crippen molar-refractivity contribution in [2.24, 2.45) is 4.99 Å². The van der Waals surface area contributed by atoms with Gasteiger partial charge < -0.3 is 4.90 Å². The van der Waals surface area contributed by atoms with Gasteiger partial charge in [-0.2, -0.15) is 0 Å². The molecule has 10 heteroatoms. The second-order valence-corrected chi connectivity index (χ2v) is 9.80. The molecule has 0 bridgehead atoms. The number of fused-ring (bicyclic) bond motifs is 1. The maximum Gasteiger partial charge on any atom is 0.293 e. The molecule has 0 spiro atoms. The van der Waals surface area contributed by atoms with Crippen LogP contribution in [0.25, 0.3) is 6.08 Å². The van der Waals surface area contributed by atoms with Crippen LogP contribution in [0.5, 0.6) is 0 Å². The number of nitrogens with zero attached hydrogens (tertiary/aromatic N) is 3. The highest BCUT2D eigenvalue weighted by Crippen LogP contribution is 2.32. The molecule has 1 saturated heterocycles. The number of hydrogen-bond acceptors (Lipinski definition) is 7. The number of aliphatic imine (C=N–C) groups is 1. The molecule has 2 amide bonds. The summed E-state index contributed by atoms with van der Waals surface area (Å²) in [5.74, 6) is -0.154. The highest BCUT2D eigenvalue weighted by atomic mass is 32.2. The average molecular weight is 457 g/mol. The van der Waals surface area contributed by atoms with E-state index in [9.17, 15) is 18.0 Å². The van der Waals surface area contributed by atoms with Gasteiger partial charge in [0.25, 0.3) is 21.2 Å². The number of carbonyl (C=O) groups excluding carboxylic acids is 2. The molecule has 0 aliphatic carbocycles. The van der Waals surface area contributed by atoms with Gasteiger partial charge in [0.15, 0.2) is 0 Å². The Bertz CT molecular complexity index is 1220. The highest BCUT2D eigenvalue weighted by Gasteiger charge is 2.35. The van der Waals surface area contributed by atoms with E-state index in [4.69, 9.17) is 0 Å². The van der Waals surface area contributed by atoms with Crippen molar-refractivity contribution in [2.45, 2.75) is 4.90 Å². The zero-order valence-electron chi connectivity index (χ0n) is 16.9. The fourth-order valence-corrected chi connectivity index (χ4v) is 5.34. The van der Waals surface area contributed by atoms with Gasteiger partial charge >= 0.3 is 0 Å². The smallest absolute Gasteiger partial charge is 0.293 e. The van der Waals surface area contributed by atoms with Crippen LogP contribution in [0.4, 0.5) is 10.5 Å². The third kappa shape index (κ3) is 4.21. The van der Waals surface area contributed by atoms with Gasteiger partial charge in [-0.25, -0.2) is 8.42 Å². The zero-order valence-corrected chi connectivity index (χ0v) is 18.5. The molecule has 4 rings (SSSR count). The first-order chi connectivity index (χ1) is 14.8. The Morgan fingerprint density at radius 2 is 1.81 bits per heavy atom. The van der Waals surface area contributed by atoms with E-state index in [0.717, 1.165) is 27.9 Å². The minimum Gasteiger partial charge on any atom is -0.378 e. The lowest BCUT2D eigenvalue weighted by Crippen LogP contribution is -2.31. The minimum absolute atomic E-state index is 0.0645. The summed E-state index contributed by atoms with van der Waals surface area (Å²) in [6.45, 7) is 0.157. The van der Waals surface area contributed by atoms with Crippen LogP contribution >= 0.6 is 11.8 Å². The molecule has 2 aliphatic heterocycles. The van der Waals surface area contributed by atoms with Gasteiger partial charge in [0.2, 0.25) is 0 Å². The summed E-state index contributed by atoms with van der Waals surface area (Å²) in [4.78, 5) is 32.9. The molecule has 1 N–H and O–H groups in total. The molecule has 0 aromatic heterocycles. The summed E-state index contributed by atoms with van der Waals surface area (Å²) in [5, 5.41) is -0.367. The van der Waals surface area contributed by atoms with Crippen molar-refractivity contribution in [3.63, 3.8) is 0 Å². The first-order valence-electron chi connectivity index (χ1n) is 9.46. The lowest BCUT2D eigenvalue weighted by atomic mass is 10.2. The van der Waals surface area contributed by atoms with Crippen molar-refractivity contribution in [2.75, 3.05) is 32.1 Å². The number of nitrogens with one attached hydrogen (secondary N) is 1. The number of sulfonamides is 1. The molecule has 2 aromatic rings. The molecule has 160 valence electrons. The van der Waals surface area contributed by atoms with E-state index in [1.54, 1.807) is 24.3 Å². The van der Waals surface area contributed by atoms with Crippen LogP contribution in [0.3, 0.4) is 0 Å². The van der Waals surface area contributed by atoms with Crippen molar-refractivity contribution in [3.8, 4) is 0 Å². The van der Waals surface area contributed by atoms with E-state index in [0.29, 0.717) is 10.5 Å². The van der Waals surface area contributed by atoms with Crippen molar-refractivity contribution in [1.29, 1.82) is 0 Å². The Morgan fingerprint density at radius 1 is 1.10 bits per heavy atom. The summed E-state index contributed by atoms with van der Waals surface area (Å²) in [7, 11) is 0.264. The van der Waals surface area contributed by atoms with Crippen molar-refractivity contribution < 1.29 is 18.0 Å². The molecule has 1 fully saturated rings. The standard InChI is InChI=1S/C21H20N4O4S2/c1-24(2)15-9-7-14(8-10-15)13-17-20(26)25(21(27)30-17)12-11-22-19-16-5-3-4-6-18(16)31(28,29)23-19/h3-10,13H,11-12H2,1-2H3,(H,22,23)/b17-13-. The van der Waals surface area contributed by atoms with Gasteiger partial charge in [-0.05, 0) is 47.7 Å². The Kier molecular flexibility index (Phi) is 5.59. The first-order valence-corrected chi connectivity index (χ1v) is 11.8. The molecular formula is C21H20N4O4S2. The number of anilines is 1. The highest BCUT2D eigenvalue weighted by molar-refractivity contribution is 8.18. The third-order valence-corrected chi connectivity index (χ3v) is 7.14. The van der Waals surface area contributed by atoms with Crippen molar-refractivity contribution in [3.05, 3.63) is 64.6 Å². The summed E-state index contributed by atoms with van der Waals surface area (Å²) >= 11 is 0.886. The van der Waals surface area contributed by atoms with E-state index in [1.807, 2.05) is 43.3 Å². The summed E-state index contributed by atoms with van der Waals surface area (Å²) in [6.07, 6.45) is 1.69. The van der Waals surface area contributed by atoms with Crippen molar-refractivity contribution in [1.82, 2.24) is 9.62 Å². The van der Waals surface area contributed by atoms with Gasteiger partial charge in [0, 0.05) is 31.9 Å². The van der Waals surface area contributed by atoms with E-state index in [-0.39, 0.29) is 35.0 Å². The number of thioether (sulfide) groups is 1. The van der Waals surface area contributed by atoms with Gasteiger partial charge in [-0.1, -0.05) is 24.3 Å². The van der Waals surface area contributed by atoms with E-state index in [2.05, 4.69) is 9.71 Å². The number of hydrogen-bond donors (Lipinski definition) is 1. The molecule has 2 aromatic carbocycles. The second kappa shape index (κ2) is 8.20. The quantitative estimate of drug-likeness (QED) is 0.694. The Balaban J connectivity index is 1.45. The third-order valence-electron chi connectivity index (χ3n) is 4.84. The number of rotatable bonds is 5. The van der Waals surface area contributed by atoms with E-state index in [1.165, 1.54) is 6.07 Å². The van der Waals surface area contributed by atoms with Gasteiger partial charge in [-0.3, -0.25) is 24.2 Å². The number of amides is 2. The van der Waals surface area contributed by atoms with Crippen LogP contribution in [-0.2, 0) is 14.8 Å². The number of carbonyl (C=O) groups is 2. The van der Waals surface area contributed by atoms with Crippen molar-refractivity contribution >= 4 is 50.5 Å². The summed E-state index contributed by atoms with van der Waals surface area (Å²) in [5.41, 5.74) is 2.35. The molecule has 8 nitrogen and oxygen atoms in total. The van der Waals surface area contributed by atoms with Crippen LogP contribution in [-0.4, -0.2) is 57.5 Å². The minimum atomic E-state index is -3.62. The topological polar surface area (TPSA) is 99.2 Å². The molecule has 0 radical (unpaired) electrons. The van der Waals surface area contributed by atoms with Gasteiger partial charge in [0.1, 0.15) is 5.84 Å². The zero-order chi connectivity index (χ0) is 22.2. The maximum atomic E-state index is 12.7. The lowest BCUT2D eigenvalue weighted by molar-refractivity contribution is -0.122. The monoisotopic (exact) mass is 456 g/mol. The van der Waals surface area contributed by atoms with E-state index < -0.39 is 10.0 Å². The van der Waals surface area contributed by atoms with Crippen LogP contribution in [0.15, 0.2) is 63.3 Å². The van der Waals surface area contributed by atoms with Gasteiger partial charge in [-0.15, -0.1) is 0 Å². The normalized spacial score (nSPS) is 19.7. The molecule has 2 heterocycles. The Hall–Kier alpha value is -3.11. The fourth-order valence-electron chi connectivity index (χ4n) is 3.23. The summed E-state index contributed by atoms with van der Waals surface area (Å²) < 4.78 is 26.7. The molecule has 0 unspecified atom stereocenters. The maximum absolute atomic E-state index is 12.7. The fraction of sp³-hybridized carbons (Fsp3) is 0.190. The molecular weight excluding hydrogens is 436 g/mol. The predicted octanol–water partition coefficient (Wildman–Crippen LogP) is 2.53. The number of amidine groups is 1. The van der Waals surface area contributed by atoms with Crippen LogP contribution < -0.4 is 9.62 Å². The Morgan fingerprint density at radius 3 is 2.52 bits per heavy atom. The van der Waals surface area contributed by atoms with Crippen LogP contribution in [0.1, 0.15) is 11.1 Å². The number of benzene rings is 2. The Labute approximate surface area is 184 Å². The van der Waals surface area contributed by atoms with Crippen LogP contribution in [0, 0.1) is 0 Å². The largest absolute Gasteiger partial charge is 0.378 e. The number of imide groups is 1. The lowest BCUT2D eigenvalue weighted by Gasteiger charge is -2.12. The second-order valence-electron chi connectivity index (χ2n) is 7.15. The average Bonchev–Trinajstić information content (AvgIpc) is 3.15. The predicted molar refractivity (Wildman–Crippen MR) is 122 cm³/mol. The van der Waals surface area contributed by atoms with Crippen LogP contribution in [0.2, 0.25) is 0 Å². The molecule has 0 atom stereocenters. The van der Waals surface area contributed by atoms with Gasteiger partial charge in [0.05, 0.1) is 16.3 Å². The molecule has 2 aliphatic rings. The van der Waals surface area contributed by atoms with E-state index >= 15 is 0 Å². The molecule has 31 heavy (non-hydrogen) atoms.